The number of aromatic nitrogens is 1. The number of amides is 1. The number of H-pyrrole nitrogens is 1. The van der Waals surface area contributed by atoms with Crippen LogP contribution in [0.3, 0.4) is 0 Å². The number of aryl methyl sites for hydroxylation is 1. The Morgan fingerprint density at radius 3 is 2.55 bits per heavy atom. The van der Waals surface area contributed by atoms with Gasteiger partial charge in [-0.1, -0.05) is 0 Å². The molecular formula is C17H21N3O2. The van der Waals surface area contributed by atoms with Crippen molar-refractivity contribution >= 4 is 23.6 Å². The minimum atomic E-state index is -0.258. The van der Waals surface area contributed by atoms with Crippen molar-refractivity contribution in [3.8, 4) is 0 Å². The number of nitrogens with zero attached hydrogens (tertiary/aromatic N) is 1. The summed E-state index contributed by atoms with van der Waals surface area (Å²) in [6, 6.07) is 7.50. The highest BCUT2D eigenvalue weighted by Gasteiger charge is 2.11. The zero-order valence-electron chi connectivity index (χ0n) is 13.1. The van der Waals surface area contributed by atoms with Crippen LogP contribution in [0, 0.1) is 6.92 Å². The van der Waals surface area contributed by atoms with Gasteiger partial charge in [0.05, 0.1) is 0 Å². The van der Waals surface area contributed by atoms with Crippen LogP contribution in [-0.2, 0) is 0 Å². The summed E-state index contributed by atoms with van der Waals surface area (Å²) < 4.78 is 0. The van der Waals surface area contributed by atoms with Gasteiger partial charge >= 0.3 is 0 Å². The van der Waals surface area contributed by atoms with Gasteiger partial charge in [-0.05, 0) is 50.6 Å². The van der Waals surface area contributed by atoms with Gasteiger partial charge < -0.3 is 15.2 Å². The maximum absolute atomic E-state index is 12.2. The van der Waals surface area contributed by atoms with E-state index in [1.165, 1.54) is 12.3 Å². The van der Waals surface area contributed by atoms with Crippen LogP contribution in [0.1, 0.15) is 40.3 Å². The number of benzene rings is 1. The van der Waals surface area contributed by atoms with E-state index in [9.17, 15) is 9.59 Å². The molecule has 2 aromatic rings. The van der Waals surface area contributed by atoms with Crippen LogP contribution in [0.5, 0.6) is 0 Å². The molecule has 0 saturated carbocycles. The highest BCUT2D eigenvalue weighted by atomic mass is 16.2. The maximum Gasteiger partial charge on any atom is 0.272 e. The fourth-order valence-electron chi connectivity index (χ4n) is 2.37. The molecule has 2 N–H and O–H groups in total. The van der Waals surface area contributed by atoms with Crippen molar-refractivity contribution in [1.82, 2.24) is 4.98 Å². The second-order valence-electron chi connectivity index (χ2n) is 5.09. The Morgan fingerprint density at radius 2 is 2.00 bits per heavy atom. The molecule has 1 amide bonds. The summed E-state index contributed by atoms with van der Waals surface area (Å²) in [6.07, 6.45) is 2.22. The summed E-state index contributed by atoms with van der Waals surface area (Å²) in [5, 5.41) is 2.86. The fourth-order valence-corrected chi connectivity index (χ4v) is 2.37. The fraction of sp³-hybridized carbons (Fsp3) is 0.294. The quantitative estimate of drug-likeness (QED) is 0.805. The Bertz CT molecular complexity index is 672. The van der Waals surface area contributed by atoms with Crippen molar-refractivity contribution in [2.45, 2.75) is 20.8 Å². The van der Waals surface area contributed by atoms with Gasteiger partial charge in [0.15, 0.2) is 6.29 Å². The molecule has 0 aliphatic carbocycles. The van der Waals surface area contributed by atoms with Crippen molar-refractivity contribution < 1.29 is 9.59 Å². The number of hydrogen-bond acceptors (Lipinski definition) is 3. The number of anilines is 2. The van der Waals surface area contributed by atoms with Crippen LogP contribution in [0.4, 0.5) is 11.4 Å². The highest BCUT2D eigenvalue weighted by molar-refractivity contribution is 6.04. The second-order valence-corrected chi connectivity index (χ2v) is 5.09. The average molecular weight is 299 g/mol. The monoisotopic (exact) mass is 299 g/mol. The molecule has 0 atom stereocenters. The van der Waals surface area contributed by atoms with E-state index in [1.807, 2.05) is 19.1 Å². The number of carbonyl (C=O) groups excluding carboxylic acids is 2. The Morgan fingerprint density at radius 1 is 1.27 bits per heavy atom. The SMILES string of the molecule is CCN(CC)c1ccc(NC(=O)c2cc(C=O)c[nH]2)c(C)c1. The van der Waals surface area contributed by atoms with E-state index in [-0.39, 0.29) is 5.91 Å². The number of hydrogen-bond donors (Lipinski definition) is 2. The topological polar surface area (TPSA) is 65.2 Å². The van der Waals surface area contributed by atoms with Gasteiger partial charge in [-0.15, -0.1) is 0 Å². The number of nitrogens with one attached hydrogen (secondary N) is 2. The molecule has 0 saturated heterocycles. The molecule has 0 fully saturated rings. The smallest absolute Gasteiger partial charge is 0.272 e. The first kappa shape index (κ1) is 15.8. The van der Waals surface area contributed by atoms with Gasteiger partial charge in [-0.25, -0.2) is 0 Å². The molecule has 1 aromatic heterocycles. The standard InChI is InChI=1S/C17H21N3O2/c1-4-20(5-2)14-6-7-15(12(3)8-14)19-17(22)16-9-13(11-21)10-18-16/h6-11,18H,4-5H2,1-3H3,(H,19,22). The second kappa shape index (κ2) is 6.93. The predicted octanol–water partition coefficient (Wildman–Crippen LogP) is 3.23. The van der Waals surface area contributed by atoms with Gasteiger partial charge in [0.25, 0.3) is 5.91 Å². The molecule has 0 aliphatic heterocycles. The van der Waals surface area contributed by atoms with E-state index in [2.05, 4.69) is 35.1 Å². The molecule has 1 aromatic carbocycles. The van der Waals surface area contributed by atoms with Gasteiger partial charge in [0.2, 0.25) is 0 Å². The normalized spacial score (nSPS) is 10.3. The van der Waals surface area contributed by atoms with E-state index < -0.39 is 0 Å². The summed E-state index contributed by atoms with van der Waals surface area (Å²) in [4.78, 5) is 27.9. The zero-order chi connectivity index (χ0) is 16.1. The molecule has 2 rings (SSSR count). The van der Waals surface area contributed by atoms with E-state index >= 15 is 0 Å². The third-order valence-electron chi connectivity index (χ3n) is 3.67. The minimum Gasteiger partial charge on any atom is -0.372 e. The summed E-state index contributed by atoms with van der Waals surface area (Å²) in [7, 11) is 0. The van der Waals surface area contributed by atoms with Crippen LogP contribution in [0.15, 0.2) is 30.5 Å². The molecule has 1 heterocycles. The molecule has 116 valence electrons. The van der Waals surface area contributed by atoms with Crippen LogP contribution in [0.25, 0.3) is 0 Å². The first-order valence-corrected chi connectivity index (χ1v) is 7.39. The summed E-state index contributed by atoms with van der Waals surface area (Å²) in [6.45, 7) is 8.08. The third-order valence-corrected chi connectivity index (χ3v) is 3.67. The van der Waals surface area contributed by atoms with E-state index in [0.717, 1.165) is 30.0 Å². The van der Waals surface area contributed by atoms with E-state index in [4.69, 9.17) is 0 Å². The summed E-state index contributed by atoms with van der Waals surface area (Å²) >= 11 is 0. The molecule has 22 heavy (non-hydrogen) atoms. The van der Waals surface area contributed by atoms with Gasteiger partial charge in [0.1, 0.15) is 5.69 Å². The van der Waals surface area contributed by atoms with Crippen LogP contribution < -0.4 is 10.2 Å². The van der Waals surface area contributed by atoms with Crippen LogP contribution >= 0.6 is 0 Å². The lowest BCUT2D eigenvalue weighted by Gasteiger charge is -2.22. The number of carbonyl (C=O) groups is 2. The summed E-state index contributed by atoms with van der Waals surface area (Å²) in [5.74, 6) is -0.258. The van der Waals surface area contributed by atoms with E-state index in [1.54, 1.807) is 0 Å². The molecule has 0 radical (unpaired) electrons. The Hall–Kier alpha value is -2.56. The predicted molar refractivity (Wildman–Crippen MR) is 88.9 cm³/mol. The molecule has 0 aliphatic rings. The van der Waals surface area contributed by atoms with E-state index in [0.29, 0.717) is 17.5 Å². The van der Waals surface area contributed by atoms with Gasteiger partial charge in [-0.3, -0.25) is 9.59 Å². The van der Waals surface area contributed by atoms with Gasteiger partial charge in [0, 0.05) is 36.2 Å². The van der Waals surface area contributed by atoms with Crippen LogP contribution in [0.2, 0.25) is 0 Å². The van der Waals surface area contributed by atoms with Crippen LogP contribution in [-0.4, -0.2) is 30.3 Å². The third kappa shape index (κ3) is 3.36. The Balaban J connectivity index is 2.16. The van der Waals surface area contributed by atoms with Crippen molar-refractivity contribution in [3.63, 3.8) is 0 Å². The molecule has 0 bridgehead atoms. The molecule has 0 spiro atoms. The first-order valence-electron chi connectivity index (χ1n) is 7.39. The lowest BCUT2D eigenvalue weighted by Crippen LogP contribution is -2.22. The number of aldehydes is 1. The minimum absolute atomic E-state index is 0.258. The van der Waals surface area contributed by atoms with Gasteiger partial charge in [-0.2, -0.15) is 0 Å². The largest absolute Gasteiger partial charge is 0.372 e. The van der Waals surface area contributed by atoms with Crippen molar-refractivity contribution in [1.29, 1.82) is 0 Å². The summed E-state index contributed by atoms with van der Waals surface area (Å²) in [5.41, 5.74) is 3.74. The molecular weight excluding hydrogens is 278 g/mol. The Kier molecular flexibility index (Phi) is 4.99. The van der Waals surface area contributed by atoms with Crippen molar-refractivity contribution in [2.24, 2.45) is 0 Å². The first-order chi connectivity index (χ1) is 10.6. The van der Waals surface area contributed by atoms with Crippen molar-refractivity contribution in [3.05, 3.63) is 47.3 Å². The maximum atomic E-state index is 12.2. The highest BCUT2D eigenvalue weighted by Crippen LogP contribution is 2.23. The number of aromatic amines is 1. The molecule has 0 unspecified atom stereocenters. The average Bonchev–Trinajstić information content (AvgIpc) is 3.00. The zero-order valence-corrected chi connectivity index (χ0v) is 13.1. The molecule has 5 heteroatoms. The Labute approximate surface area is 130 Å². The lowest BCUT2D eigenvalue weighted by atomic mass is 10.1. The molecule has 5 nitrogen and oxygen atoms in total. The lowest BCUT2D eigenvalue weighted by molar-refractivity contribution is 0.102. The van der Waals surface area contributed by atoms with Crippen molar-refractivity contribution in [2.75, 3.05) is 23.3 Å². The number of rotatable bonds is 6.